The third-order valence-corrected chi connectivity index (χ3v) is 5.76. The van der Waals surface area contributed by atoms with Gasteiger partial charge in [0.1, 0.15) is 5.82 Å². The highest BCUT2D eigenvalue weighted by Crippen LogP contribution is 2.34. The number of benzene rings is 1. The first-order valence-corrected chi connectivity index (χ1v) is 9.66. The average molecular weight is 379 g/mol. The number of methoxy groups -OCH3 is 1. The number of carbonyl (C=O) groups excluding carboxylic acids is 1. The minimum absolute atomic E-state index is 0.0163. The molecule has 6 nitrogen and oxygen atoms in total. The number of hydrogen-bond acceptors (Lipinski definition) is 4. The monoisotopic (exact) mass is 379 g/mol. The van der Waals surface area contributed by atoms with E-state index in [1.807, 2.05) is 0 Å². The highest BCUT2D eigenvalue weighted by molar-refractivity contribution is 5.75. The van der Waals surface area contributed by atoms with E-state index in [0.717, 1.165) is 38.0 Å². The molecule has 2 aliphatic rings. The lowest BCUT2D eigenvalue weighted by Crippen LogP contribution is -2.46. The van der Waals surface area contributed by atoms with Crippen LogP contribution in [0, 0.1) is 11.2 Å². The van der Waals surface area contributed by atoms with Gasteiger partial charge in [-0.15, -0.1) is 0 Å². The molecule has 1 aromatic carbocycles. The van der Waals surface area contributed by atoms with Crippen molar-refractivity contribution in [3.05, 3.63) is 35.6 Å². The number of halogens is 1. The maximum Gasteiger partial charge on any atom is 0.317 e. The molecule has 0 saturated carbocycles. The summed E-state index contributed by atoms with van der Waals surface area (Å²) in [6.07, 6.45) is 2.34. The number of aliphatic hydroxyl groups excluding tert-OH is 1. The van der Waals surface area contributed by atoms with Crippen LogP contribution in [0.15, 0.2) is 24.3 Å². The number of urea groups is 1. The lowest BCUT2D eigenvalue weighted by Gasteiger charge is -2.28. The Morgan fingerprint density at radius 1 is 1.37 bits per heavy atom. The van der Waals surface area contributed by atoms with Crippen molar-refractivity contribution in [1.29, 1.82) is 0 Å². The van der Waals surface area contributed by atoms with Gasteiger partial charge in [-0.1, -0.05) is 12.1 Å². The summed E-state index contributed by atoms with van der Waals surface area (Å²) >= 11 is 0. The minimum Gasteiger partial charge on any atom is -0.396 e. The molecule has 0 aromatic heterocycles. The number of hydrogen-bond donors (Lipinski definition) is 2. The molecule has 2 unspecified atom stereocenters. The molecule has 0 spiro atoms. The third-order valence-electron chi connectivity index (χ3n) is 5.76. The Bertz CT molecular complexity index is 627. The van der Waals surface area contributed by atoms with E-state index >= 15 is 0 Å². The zero-order chi connectivity index (χ0) is 19.3. The van der Waals surface area contributed by atoms with Crippen molar-refractivity contribution in [1.82, 2.24) is 15.1 Å². The SMILES string of the molecule is COCCN1CCC(NC(=O)N2CCC(CO)(Cc3ccc(F)cc3)C2)C1. The summed E-state index contributed by atoms with van der Waals surface area (Å²) in [4.78, 5) is 16.8. The predicted octanol–water partition coefficient (Wildman–Crippen LogP) is 1.48. The van der Waals surface area contributed by atoms with Gasteiger partial charge in [0.2, 0.25) is 0 Å². The van der Waals surface area contributed by atoms with Gasteiger partial charge < -0.3 is 20.1 Å². The van der Waals surface area contributed by atoms with Crippen LogP contribution in [0.3, 0.4) is 0 Å². The van der Waals surface area contributed by atoms with E-state index in [4.69, 9.17) is 4.74 Å². The molecule has 0 radical (unpaired) electrons. The first-order chi connectivity index (χ1) is 13.0. The molecule has 7 heteroatoms. The van der Waals surface area contributed by atoms with Gasteiger partial charge in [-0.05, 0) is 37.0 Å². The minimum atomic E-state index is -0.352. The second-order valence-electron chi connectivity index (χ2n) is 7.86. The number of amides is 2. The fraction of sp³-hybridized carbons (Fsp3) is 0.650. The number of ether oxygens (including phenoxy) is 1. The van der Waals surface area contributed by atoms with E-state index in [-0.39, 0.29) is 29.9 Å². The van der Waals surface area contributed by atoms with Crippen LogP contribution in [0.25, 0.3) is 0 Å². The fourth-order valence-electron chi connectivity index (χ4n) is 4.11. The van der Waals surface area contributed by atoms with Gasteiger partial charge in [-0.2, -0.15) is 0 Å². The molecule has 2 N–H and O–H groups in total. The van der Waals surface area contributed by atoms with Gasteiger partial charge in [0.05, 0.1) is 13.2 Å². The Hall–Kier alpha value is -1.70. The lowest BCUT2D eigenvalue weighted by molar-refractivity contribution is 0.129. The number of nitrogens with zero attached hydrogens (tertiary/aromatic N) is 2. The van der Waals surface area contributed by atoms with Crippen molar-refractivity contribution in [3.63, 3.8) is 0 Å². The Morgan fingerprint density at radius 2 is 2.15 bits per heavy atom. The summed E-state index contributed by atoms with van der Waals surface area (Å²) < 4.78 is 18.2. The van der Waals surface area contributed by atoms with Gasteiger partial charge in [0.25, 0.3) is 0 Å². The van der Waals surface area contributed by atoms with E-state index in [1.54, 1.807) is 24.1 Å². The molecule has 2 saturated heterocycles. The van der Waals surface area contributed by atoms with Crippen LogP contribution < -0.4 is 5.32 Å². The molecule has 1 aromatic rings. The largest absolute Gasteiger partial charge is 0.396 e. The number of nitrogens with one attached hydrogen (secondary N) is 1. The third kappa shape index (κ3) is 5.18. The normalized spacial score (nSPS) is 25.9. The van der Waals surface area contributed by atoms with E-state index in [0.29, 0.717) is 26.1 Å². The van der Waals surface area contributed by atoms with E-state index in [2.05, 4.69) is 10.2 Å². The topological polar surface area (TPSA) is 65.0 Å². The van der Waals surface area contributed by atoms with Crippen LogP contribution in [0.5, 0.6) is 0 Å². The molecule has 150 valence electrons. The molecule has 0 bridgehead atoms. The smallest absolute Gasteiger partial charge is 0.317 e. The summed E-state index contributed by atoms with van der Waals surface area (Å²) in [5.41, 5.74) is 0.632. The van der Waals surface area contributed by atoms with Crippen LogP contribution >= 0.6 is 0 Å². The molecule has 2 amide bonds. The summed E-state index contributed by atoms with van der Waals surface area (Å²) in [6.45, 7) is 4.58. The maximum atomic E-state index is 13.1. The Balaban J connectivity index is 1.51. The van der Waals surface area contributed by atoms with E-state index in [1.165, 1.54) is 12.1 Å². The quantitative estimate of drug-likeness (QED) is 0.753. The van der Waals surface area contributed by atoms with Crippen molar-refractivity contribution in [2.45, 2.75) is 25.3 Å². The Morgan fingerprint density at radius 3 is 2.85 bits per heavy atom. The number of carbonyl (C=O) groups is 1. The van der Waals surface area contributed by atoms with Crippen molar-refractivity contribution < 1.29 is 19.0 Å². The first kappa shape index (κ1) is 20.0. The average Bonchev–Trinajstić information content (AvgIpc) is 3.29. The van der Waals surface area contributed by atoms with Crippen LogP contribution in [0.4, 0.5) is 9.18 Å². The van der Waals surface area contributed by atoms with E-state index in [9.17, 15) is 14.3 Å². The van der Waals surface area contributed by atoms with Gasteiger partial charge in [0, 0.05) is 51.3 Å². The first-order valence-electron chi connectivity index (χ1n) is 9.66. The molecule has 2 fully saturated rings. The highest BCUT2D eigenvalue weighted by Gasteiger charge is 2.40. The van der Waals surface area contributed by atoms with Gasteiger partial charge >= 0.3 is 6.03 Å². The van der Waals surface area contributed by atoms with Crippen molar-refractivity contribution in [3.8, 4) is 0 Å². The lowest BCUT2D eigenvalue weighted by atomic mass is 9.81. The second-order valence-corrected chi connectivity index (χ2v) is 7.86. The van der Waals surface area contributed by atoms with Gasteiger partial charge in [-0.25, -0.2) is 9.18 Å². The zero-order valence-electron chi connectivity index (χ0n) is 16.0. The molecule has 3 rings (SSSR count). The molecule has 2 atom stereocenters. The molecule has 27 heavy (non-hydrogen) atoms. The standard InChI is InChI=1S/C20H30FN3O3/c1-27-11-10-23-8-6-18(13-23)22-19(26)24-9-7-20(14-24,15-25)12-16-2-4-17(21)5-3-16/h2-5,18,25H,6-15H2,1H3,(H,22,26). The van der Waals surface area contributed by atoms with Crippen LogP contribution in [-0.2, 0) is 11.2 Å². The summed E-state index contributed by atoms with van der Waals surface area (Å²) in [5.74, 6) is -0.264. The Kier molecular flexibility index (Phi) is 6.68. The molecule has 2 heterocycles. The summed E-state index contributed by atoms with van der Waals surface area (Å²) in [5, 5.41) is 13.1. The van der Waals surface area contributed by atoms with Crippen LogP contribution in [0.1, 0.15) is 18.4 Å². The molecule has 2 aliphatic heterocycles. The highest BCUT2D eigenvalue weighted by atomic mass is 19.1. The van der Waals surface area contributed by atoms with Crippen LogP contribution in [0.2, 0.25) is 0 Å². The van der Waals surface area contributed by atoms with Crippen molar-refractivity contribution >= 4 is 6.03 Å². The fourth-order valence-corrected chi connectivity index (χ4v) is 4.11. The number of aliphatic hydroxyl groups is 1. The second kappa shape index (κ2) is 8.99. The molecular formula is C20H30FN3O3. The molecular weight excluding hydrogens is 349 g/mol. The molecule has 0 aliphatic carbocycles. The van der Waals surface area contributed by atoms with Crippen molar-refractivity contribution in [2.75, 3.05) is 53.0 Å². The summed E-state index contributed by atoms with van der Waals surface area (Å²) in [6, 6.07) is 6.49. The van der Waals surface area contributed by atoms with E-state index < -0.39 is 0 Å². The predicted molar refractivity (Wildman–Crippen MR) is 101 cm³/mol. The van der Waals surface area contributed by atoms with Gasteiger partial charge in [0.15, 0.2) is 0 Å². The Labute approximate surface area is 160 Å². The summed E-state index contributed by atoms with van der Waals surface area (Å²) in [7, 11) is 1.70. The zero-order valence-corrected chi connectivity index (χ0v) is 16.0. The van der Waals surface area contributed by atoms with Crippen LogP contribution in [-0.4, -0.2) is 80.0 Å². The van der Waals surface area contributed by atoms with Crippen molar-refractivity contribution in [2.24, 2.45) is 5.41 Å². The van der Waals surface area contributed by atoms with Gasteiger partial charge in [-0.3, -0.25) is 4.90 Å². The number of rotatable bonds is 7. The maximum absolute atomic E-state index is 13.1. The number of likely N-dealkylation sites (tertiary alicyclic amines) is 2.